The van der Waals surface area contributed by atoms with Gasteiger partial charge in [0.25, 0.3) is 0 Å². The Bertz CT molecular complexity index is 345. The fourth-order valence-corrected chi connectivity index (χ4v) is 2.32. The van der Waals surface area contributed by atoms with Crippen molar-refractivity contribution in [2.45, 2.75) is 45.1 Å². The highest BCUT2D eigenvalue weighted by atomic mass is 16.5. The molecule has 0 spiro atoms. The summed E-state index contributed by atoms with van der Waals surface area (Å²) in [6.45, 7) is 7.26. The second kappa shape index (κ2) is 5.60. The van der Waals surface area contributed by atoms with Crippen LogP contribution in [0.3, 0.4) is 0 Å². The first-order valence-corrected chi connectivity index (χ1v) is 6.42. The first kappa shape index (κ1) is 12.5. The van der Waals surface area contributed by atoms with Crippen molar-refractivity contribution in [1.82, 2.24) is 15.5 Å². The third-order valence-corrected chi connectivity index (χ3v) is 3.51. The van der Waals surface area contributed by atoms with E-state index in [9.17, 15) is 0 Å². The standard InChI is InChI=1S/C12H21N3O2/c1-3-12(6-5-7-13-9-12)11-14-10(15-17-11)8-16-4-2/h13H,3-9H2,1-2H3. The molecule has 5 nitrogen and oxygen atoms in total. The van der Waals surface area contributed by atoms with Crippen molar-refractivity contribution in [2.24, 2.45) is 0 Å². The minimum Gasteiger partial charge on any atom is -0.374 e. The highest BCUT2D eigenvalue weighted by Gasteiger charge is 2.37. The van der Waals surface area contributed by atoms with Crippen LogP contribution >= 0.6 is 0 Å². The van der Waals surface area contributed by atoms with E-state index >= 15 is 0 Å². The van der Waals surface area contributed by atoms with Crippen molar-refractivity contribution >= 4 is 0 Å². The van der Waals surface area contributed by atoms with Gasteiger partial charge in [-0.05, 0) is 32.7 Å². The first-order chi connectivity index (χ1) is 8.30. The van der Waals surface area contributed by atoms with E-state index < -0.39 is 0 Å². The fourth-order valence-electron chi connectivity index (χ4n) is 2.32. The van der Waals surface area contributed by atoms with Gasteiger partial charge in [-0.2, -0.15) is 4.98 Å². The minimum atomic E-state index is 0.0235. The van der Waals surface area contributed by atoms with E-state index in [1.165, 1.54) is 0 Å². The Balaban J connectivity index is 2.10. The van der Waals surface area contributed by atoms with Gasteiger partial charge in [-0.15, -0.1) is 0 Å². The molecule has 0 aliphatic carbocycles. The maximum atomic E-state index is 5.41. The Labute approximate surface area is 102 Å². The molecule has 1 aliphatic rings. The number of hydrogen-bond acceptors (Lipinski definition) is 5. The van der Waals surface area contributed by atoms with Gasteiger partial charge in [-0.1, -0.05) is 12.1 Å². The average Bonchev–Trinajstić information content (AvgIpc) is 2.86. The van der Waals surface area contributed by atoms with Gasteiger partial charge in [0.2, 0.25) is 5.89 Å². The SMILES string of the molecule is CCOCc1noc(C2(CC)CCCNC2)n1. The van der Waals surface area contributed by atoms with Gasteiger partial charge in [-0.25, -0.2) is 0 Å². The van der Waals surface area contributed by atoms with E-state index in [4.69, 9.17) is 9.26 Å². The van der Waals surface area contributed by atoms with Crippen LogP contribution in [0.1, 0.15) is 44.8 Å². The maximum absolute atomic E-state index is 5.41. The molecule has 17 heavy (non-hydrogen) atoms. The molecule has 1 aromatic heterocycles. The van der Waals surface area contributed by atoms with Crippen LogP contribution in [0, 0.1) is 0 Å². The van der Waals surface area contributed by atoms with Crippen LogP contribution in [0.15, 0.2) is 4.52 Å². The van der Waals surface area contributed by atoms with Crippen molar-refractivity contribution < 1.29 is 9.26 Å². The highest BCUT2D eigenvalue weighted by Crippen LogP contribution is 2.33. The van der Waals surface area contributed by atoms with E-state index in [2.05, 4.69) is 22.4 Å². The second-order valence-electron chi connectivity index (χ2n) is 4.57. The third kappa shape index (κ3) is 2.66. The number of piperidine rings is 1. The lowest BCUT2D eigenvalue weighted by molar-refractivity contribution is 0.126. The van der Waals surface area contributed by atoms with E-state index in [1.54, 1.807) is 0 Å². The van der Waals surface area contributed by atoms with Gasteiger partial charge in [0.05, 0.1) is 5.41 Å². The Hall–Kier alpha value is -0.940. The van der Waals surface area contributed by atoms with Crippen molar-refractivity contribution in [2.75, 3.05) is 19.7 Å². The molecule has 5 heteroatoms. The summed E-state index contributed by atoms with van der Waals surface area (Å²) in [7, 11) is 0. The maximum Gasteiger partial charge on any atom is 0.234 e. The molecule has 96 valence electrons. The van der Waals surface area contributed by atoms with E-state index in [-0.39, 0.29) is 5.41 Å². The minimum absolute atomic E-state index is 0.0235. The largest absolute Gasteiger partial charge is 0.374 e. The van der Waals surface area contributed by atoms with Gasteiger partial charge >= 0.3 is 0 Å². The van der Waals surface area contributed by atoms with Crippen molar-refractivity contribution in [1.29, 1.82) is 0 Å². The normalized spacial score (nSPS) is 25.1. The molecule has 2 heterocycles. The molecule has 1 saturated heterocycles. The Morgan fingerprint density at radius 1 is 1.47 bits per heavy atom. The van der Waals surface area contributed by atoms with Crippen LogP contribution in [0.5, 0.6) is 0 Å². The van der Waals surface area contributed by atoms with Gasteiger partial charge in [0.15, 0.2) is 5.82 Å². The molecule has 1 aliphatic heterocycles. The third-order valence-electron chi connectivity index (χ3n) is 3.51. The van der Waals surface area contributed by atoms with Crippen LogP contribution in [0.4, 0.5) is 0 Å². The molecule has 1 aromatic rings. The summed E-state index contributed by atoms with van der Waals surface area (Å²) in [4.78, 5) is 4.47. The summed E-state index contributed by atoms with van der Waals surface area (Å²) < 4.78 is 10.7. The van der Waals surface area contributed by atoms with Crippen LogP contribution in [-0.4, -0.2) is 29.8 Å². The molecule has 0 radical (unpaired) electrons. The molecule has 2 rings (SSSR count). The summed E-state index contributed by atoms with van der Waals surface area (Å²) in [5.41, 5.74) is 0.0235. The Morgan fingerprint density at radius 2 is 2.35 bits per heavy atom. The summed E-state index contributed by atoms with van der Waals surface area (Å²) in [6, 6.07) is 0. The highest BCUT2D eigenvalue weighted by molar-refractivity contribution is 5.07. The fraction of sp³-hybridized carbons (Fsp3) is 0.833. The summed E-state index contributed by atoms with van der Waals surface area (Å²) in [5, 5.41) is 7.40. The summed E-state index contributed by atoms with van der Waals surface area (Å²) >= 11 is 0. The zero-order valence-electron chi connectivity index (χ0n) is 10.7. The monoisotopic (exact) mass is 239 g/mol. The molecule has 0 bridgehead atoms. The zero-order valence-corrected chi connectivity index (χ0v) is 10.7. The van der Waals surface area contributed by atoms with Crippen LogP contribution in [0.25, 0.3) is 0 Å². The van der Waals surface area contributed by atoms with Crippen LogP contribution in [-0.2, 0) is 16.8 Å². The first-order valence-electron chi connectivity index (χ1n) is 6.42. The quantitative estimate of drug-likeness (QED) is 0.846. The molecule has 1 N–H and O–H groups in total. The average molecular weight is 239 g/mol. The lowest BCUT2D eigenvalue weighted by atomic mass is 9.78. The van der Waals surface area contributed by atoms with Crippen LogP contribution in [0.2, 0.25) is 0 Å². The number of rotatable bonds is 5. The topological polar surface area (TPSA) is 60.2 Å². The summed E-state index contributed by atoms with van der Waals surface area (Å²) in [5.74, 6) is 1.42. The van der Waals surface area contributed by atoms with E-state index in [0.29, 0.717) is 19.0 Å². The molecule has 0 amide bonds. The number of aromatic nitrogens is 2. The lowest BCUT2D eigenvalue weighted by Crippen LogP contribution is -2.43. The second-order valence-corrected chi connectivity index (χ2v) is 4.57. The predicted octanol–water partition coefficient (Wildman–Crippen LogP) is 1.64. The molecule has 0 saturated carbocycles. The van der Waals surface area contributed by atoms with Gasteiger partial charge in [0, 0.05) is 13.2 Å². The molecule has 0 aromatic carbocycles. The number of ether oxygens (including phenoxy) is 1. The predicted molar refractivity (Wildman–Crippen MR) is 63.7 cm³/mol. The zero-order chi connectivity index (χ0) is 12.1. The smallest absolute Gasteiger partial charge is 0.234 e. The summed E-state index contributed by atoms with van der Waals surface area (Å²) in [6.07, 6.45) is 3.31. The molecule has 1 unspecified atom stereocenters. The molecular formula is C12H21N3O2. The van der Waals surface area contributed by atoms with E-state index in [0.717, 1.165) is 38.2 Å². The van der Waals surface area contributed by atoms with Crippen molar-refractivity contribution in [3.05, 3.63) is 11.7 Å². The van der Waals surface area contributed by atoms with E-state index in [1.807, 2.05) is 6.92 Å². The lowest BCUT2D eigenvalue weighted by Gasteiger charge is -2.33. The number of nitrogens with one attached hydrogen (secondary N) is 1. The van der Waals surface area contributed by atoms with Crippen molar-refractivity contribution in [3.8, 4) is 0 Å². The molecular weight excluding hydrogens is 218 g/mol. The molecule has 1 fully saturated rings. The van der Waals surface area contributed by atoms with Gasteiger partial charge < -0.3 is 14.6 Å². The number of hydrogen-bond donors (Lipinski definition) is 1. The van der Waals surface area contributed by atoms with Gasteiger partial charge in [-0.3, -0.25) is 0 Å². The van der Waals surface area contributed by atoms with Gasteiger partial charge in [0.1, 0.15) is 6.61 Å². The van der Waals surface area contributed by atoms with Crippen molar-refractivity contribution in [3.63, 3.8) is 0 Å². The number of nitrogens with zero attached hydrogens (tertiary/aromatic N) is 2. The Morgan fingerprint density at radius 3 is 3.00 bits per heavy atom. The van der Waals surface area contributed by atoms with Crippen LogP contribution < -0.4 is 5.32 Å². The molecule has 1 atom stereocenters. The Kier molecular flexibility index (Phi) is 4.12.